The molecule has 0 N–H and O–H groups in total. The lowest BCUT2D eigenvalue weighted by Gasteiger charge is -2.44. The first-order valence-electron chi connectivity index (χ1n) is 10.0. The van der Waals surface area contributed by atoms with Gasteiger partial charge in [0.2, 0.25) is 0 Å². The van der Waals surface area contributed by atoms with Gasteiger partial charge >= 0.3 is 6.11 Å². The molecular formula is C19H25F9O. The lowest BCUT2D eigenvalue weighted by Crippen LogP contribution is -2.52. The van der Waals surface area contributed by atoms with E-state index in [1.165, 1.54) is 0 Å². The molecule has 0 spiro atoms. The average molecular weight is 440 g/mol. The second-order valence-electron chi connectivity index (χ2n) is 8.61. The van der Waals surface area contributed by atoms with E-state index < -0.39 is 105 Å². The first-order valence-corrected chi connectivity index (χ1v) is 10.0. The summed E-state index contributed by atoms with van der Waals surface area (Å²) in [5, 5.41) is 0. The zero-order valence-corrected chi connectivity index (χ0v) is 15.6. The Balaban J connectivity index is 1.65. The number of alkyl halides is 9. The molecule has 0 aromatic carbocycles. The van der Waals surface area contributed by atoms with Crippen LogP contribution in [-0.2, 0) is 4.74 Å². The Bertz CT molecular complexity index is 526. The standard InChI is InChI=1S/C19H25F9O/c20-9-5-13(23)17(14(24)6-9)8-3-15(25)18(16(26)4-8)19(27,28)29-10-1-2-11(21)12(22)7-10/h8-18H,1-7H2. The monoisotopic (exact) mass is 440 g/mol. The zero-order chi connectivity index (χ0) is 21.5. The van der Waals surface area contributed by atoms with E-state index in [2.05, 4.69) is 4.74 Å². The molecule has 3 aliphatic carbocycles. The van der Waals surface area contributed by atoms with Gasteiger partial charge < -0.3 is 4.74 Å². The van der Waals surface area contributed by atoms with Gasteiger partial charge in [-0.1, -0.05) is 0 Å². The minimum absolute atomic E-state index is 0.208. The van der Waals surface area contributed by atoms with Crippen LogP contribution in [0.3, 0.4) is 0 Å². The van der Waals surface area contributed by atoms with Gasteiger partial charge in [-0.2, -0.15) is 8.78 Å². The molecule has 10 heteroatoms. The fourth-order valence-electron chi connectivity index (χ4n) is 5.10. The van der Waals surface area contributed by atoms with E-state index >= 15 is 0 Å². The predicted molar refractivity (Wildman–Crippen MR) is 86.9 cm³/mol. The molecule has 29 heavy (non-hydrogen) atoms. The summed E-state index contributed by atoms with van der Waals surface area (Å²) in [4.78, 5) is 0. The lowest BCUT2D eigenvalue weighted by molar-refractivity contribution is -0.322. The summed E-state index contributed by atoms with van der Waals surface area (Å²) in [7, 11) is 0. The molecule has 0 radical (unpaired) electrons. The van der Waals surface area contributed by atoms with E-state index in [4.69, 9.17) is 0 Å². The van der Waals surface area contributed by atoms with Crippen LogP contribution in [-0.4, -0.2) is 55.4 Å². The molecule has 3 aliphatic rings. The van der Waals surface area contributed by atoms with Crippen LogP contribution < -0.4 is 0 Å². The van der Waals surface area contributed by atoms with Crippen molar-refractivity contribution in [3.63, 3.8) is 0 Å². The molecule has 0 aromatic rings. The van der Waals surface area contributed by atoms with Crippen LogP contribution in [0.25, 0.3) is 0 Å². The summed E-state index contributed by atoms with van der Waals surface area (Å²) in [6, 6.07) is 0. The van der Waals surface area contributed by atoms with Crippen molar-refractivity contribution < 1.29 is 44.3 Å². The van der Waals surface area contributed by atoms with E-state index in [1.807, 2.05) is 0 Å². The van der Waals surface area contributed by atoms with Crippen LogP contribution in [0.2, 0.25) is 0 Å². The van der Waals surface area contributed by atoms with Gasteiger partial charge in [-0.25, -0.2) is 30.7 Å². The molecule has 7 atom stereocenters. The van der Waals surface area contributed by atoms with Crippen molar-refractivity contribution in [2.24, 2.45) is 17.8 Å². The Labute approximate surface area is 163 Å². The summed E-state index contributed by atoms with van der Waals surface area (Å²) < 4.78 is 131. The molecule has 0 aliphatic heterocycles. The fourth-order valence-corrected chi connectivity index (χ4v) is 5.10. The van der Waals surface area contributed by atoms with E-state index in [-0.39, 0.29) is 12.8 Å². The normalized spacial score (nSPS) is 49.8. The van der Waals surface area contributed by atoms with Crippen LogP contribution in [0.5, 0.6) is 0 Å². The Hall–Kier alpha value is -0.670. The van der Waals surface area contributed by atoms with Crippen LogP contribution in [0.1, 0.15) is 44.9 Å². The van der Waals surface area contributed by atoms with Crippen LogP contribution in [0.4, 0.5) is 39.5 Å². The summed E-state index contributed by atoms with van der Waals surface area (Å²) in [6.45, 7) is 0. The number of hydrogen-bond donors (Lipinski definition) is 0. The maximum absolute atomic E-state index is 14.6. The Kier molecular flexibility index (Phi) is 7.00. The maximum atomic E-state index is 14.6. The van der Waals surface area contributed by atoms with Crippen molar-refractivity contribution in [2.45, 2.75) is 100 Å². The molecule has 3 saturated carbocycles. The van der Waals surface area contributed by atoms with Crippen molar-refractivity contribution >= 4 is 0 Å². The van der Waals surface area contributed by atoms with Crippen LogP contribution in [0, 0.1) is 17.8 Å². The first-order chi connectivity index (χ1) is 13.5. The molecule has 0 heterocycles. The van der Waals surface area contributed by atoms with Gasteiger partial charge in [0, 0.05) is 25.2 Å². The van der Waals surface area contributed by atoms with E-state index in [0.717, 1.165) is 0 Å². The molecule has 3 fully saturated rings. The molecule has 7 unspecified atom stereocenters. The number of ether oxygens (including phenoxy) is 1. The third-order valence-electron chi connectivity index (χ3n) is 6.53. The van der Waals surface area contributed by atoms with Crippen molar-refractivity contribution in [3.8, 4) is 0 Å². The number of halogens is 9. The molecule has 0 saturated heterocycles. The van der Waals surface area contributed by atoms with Gasteiger partial charge in [0.15, 0.2) is 0 Å². The SMILES string of the molecule is FC1CC(F)C(C2CC(F)C(C(F)(F)OC3CCC(F)C(F)C3)C(F)C2)C(F)C1. The average Bonchev–Trinajstić information content (AvgIpc) is 2.56. The fraction of sp³-hybridized carbons (Fsp3) is 1.00. The molecule has 170 valence electrons. The highest BCUT2D eigenvalue weighted by molar-refractivity contribution is 4.98. The first kappa shape index (κ1) is 23.0. The van der Waals surface area contributed by atoms with Crippen molar-refractivity contribution in [1.82, 2.24) is 0 Å². The van der Waals surface area contributed by atoms with Gasteiger partial charge in [0.25, 0.3) is 0 Å². The molecule has 0 aromatic heterocycles. The van der Waals surface area contributed by atoms with E-state index in [1.54, 1.807) is 0 Å². The topological polar surface area (TPSA) is 9.23 Å². The number of hydrogen-bond acceptors (Lipinski definition) is 1. The zero-order valence-electron chi connectivity index (χ0n) is 15.6. The minimum Gasteiger partial charge on any atom is -0.317 e. The van der Waals surface area contributed by atoms with Gasteiger partial charge in [-0.05, 0) is 31.6 Å². The van der Waals surface area contributed by atoms with Crippen LogP contribution in [0.15, 0.2) is 0 Å². The summed E-state index contributed by atoms with van der Waals surface area (Å²) in [6.07, 6.45) is -23.6. The van der Waals surface area contributed by atoms with Crippen molar-refractivity contribution in [3.05, 3.63) is 0 Å². The Morgan fingerprint density at radius 3 is 1.66 bits per heavy atom. The predicted octanol–water partition coefficient (Wildman–Crippen LogP) is 5.95. The van der Waals surface area contributed by atoms with Crippen molar-refractivity contribution in [2.75, 3.05) is 0 Å². The molecule has 1 nitrogen and oxygen atoms in total. The third-order valence-corrected chi connectivity index (χ3v) is 6.53. The molecular weight excluding hydrogens is 415 g/mol. The quantitative estimate of drug-likeness (QED) is 0.491. The van der Waals surface area contributed by atoms with E-state index in [9.17, 15) is 39.5 Å². The highest BCUT2D eigenvalue weighted by atomic mass is 19.3. The summed E-state index contributed by atoms with van der Waals surface area (Å²) in [5.41, 5.74) is 0. The smallest absolute Gasteiger partial charge is 0.317 e. The molecule has 0 bridgehead atoms. The van der Waals surface area contributed by atoms with Crippen molar-refractivity contribution in [1.29, 1.82) is 0 Å². The summed E-state index contributed by atoms with van der Waals surface area (Å²) >= 11 is 0. The van der Waals surface area contributed by atoms with Gasteiger partial charge in [-0.15, -0.1) is 0 Å². The van der Waals surface area contributed by atoms with Gasteiger partial charge in [0.1, 0.15) is 49.1 Å². The van der Waals surface area contributed by atoms with Gasteiger partial charge in [0.05, 0.1) is 6.10 Å². The Morgan fingerprint density at radius 2 is 1.14 bits per heavy atom. The summed E-state index contributed by atoms with van der Waals surface area (Å²) in [5.74, 6) is -5.13. The highest BCUT2D eigenvalue weighted by Crippen LogP contribution is 2.49. The number of rotatable bonds is 4. The van der Waals surface area contributed by atoms with Gasteiger partial charge in [-0.3, -0.25) is 0 Å². The third kappa shape index (κ3) is 4.98. The lowest BCUT2D eigenvalue weighted by atomic mass is 9.67. The second-order valence-corrected chi connectivity index (χ2v) is 8.61. The minimum atomic E-state index is -4.28. The highest BCUT2D eigenvalue weighted by Gasteiger charge is 2.57. The van der Waals surface area contributed by atoms with Crippen LogP contribution >= 0.6 is 0 Å². The second kappa shape index (κ2) is 8.83. The maximum Gasteiger partial charge on any atom is 0.364 e. The van der Waals surface area contributed by atoms with E-state index in [0.29, 0.717) is 0 Å². The molecule has 3 rings (SSSR count). The largest absolute Gasteiger partial charge is 0.364 e. The molecule has 0 amide bonds. The Morgan fingerprint density at radius 1 is 0.586 bits per heavy atom.